The number of hydrogen-bond donors (Lipinski definition) is 6. The molecule has 0 aliphatic heterocycles. The van der Waals surface area contributed by atoms with E-state index >= 15 is 0 Å². The molecule has 0 aliphatic rings. The zero-order chi connectivity index (χ0) is 18.5. The molecule has 0 bridgehead atoms. The summed E-state index contributed by atoms with van der Waals surface area (Å²) in [6.45, 7) is 6.16. The van der Waals surface area contributed by atoms with Gasteiger partial charge < -0.3 is 10.8 Å². The number of hydrogen-bond acceptors (Lipinski definition) is 7. The Hall–Kier alpha value is -2.65. The van der Waals surface area contributed by atoms with E-state index in [4.69, 9.17) is 22.6 Å². The van der Waals surface area contributed by atoms with Crippen molar-refractivity contribution in [2.24, 2.45) is 27.4 Å². The van der Waals surface area contributed by atoms with E-state index in [2.05, 4.69) is 36.4 Å². The predicted molar refractivity (Wildman–Crippen MR) is 97.0 cm³/mol. The second-order valence-electron chi connectivity index (χ2n) is 6.35. The maximum atomic E-state index is 10.4. The minimum absolute atomic E-state index is 0.000144. The minimum atomic E-state index is -0.741. The number of rotatable bonds is 5. The number of phenolic OH excluding ortho intramolecular Hbond substituents is 1. The van der Waals surface area contributed by atoms with E-state index in [1.807, 2.05) is 12.1 Å². The highest BCUT2D eigenvalue weighted by Crippen LogP contribution is 2.29. The molecule has 0 aromatic heterocycles. The standard InChI is InChI=1S/C15H26N8O/c1-15(2,3)11-5-9(7-20-22-13(16)17)12(24)10(6-11)8-21-23(4)14(18)19/h5-8,14,24H,18-19H2,1-4H3,(H4,16,17,22)/b20-7-,21-8-. The summed E-state index contributed by atoms with van der Waals surface area (Å²) in [6, 6.07) is 3.65. The zero-order valence-electron chi connectivity index (χ0n) is 14.4. The third-order valence-corrected chi connectivity index (χ3v) is 3.23. The molecule has 0 atom stereocenters. The number of guanidine groups is 1. The Balaban J connectivity index is 3.31. The first kappa shape index (κ1) is 19.4. The Labute approximate surface area is 141 Å². The molecular formula is C15H26N8O. The Morgan fingerprint density at radius 3 is 2.29 bits per heavy atom. The highest BCUT2D eigenvalue weighted by Gasteiger charge is 2.18. The zero-order valence-corrected chi connectivity index (χ0v) is 14.4. The van der Waals surface area contributed by atoms with Gasteiger partial charge in [0.05, 0.1) is 12.4 Å². The molecule has 1 aromatic carbocycles. The van der Waals surface area contributed by atoms with Crippen LogP contribution in [0.1, 0.15) is 37.5 Å². The van der Waals surface area contributed by atoms with Crippen molar-refractivity contribution in [1.82, 2.24) is 10.4 Å². The van der Waals surface area contributed by atoms with Crippen molar-refractivity contribution in [2.75, 3.05) is 7.05 Å². The molecule has 0 saturated carbocycles. The van der Waals surface area contributed by atoms with Gasteiger partial charge in [-0.1, -0.05) is 20.8 Å². The molecule has 9 nitrogen and oxygen atoms in total. The summed E-state index contributed by atoms with van der Waals surface area (Å²) in [5, 5.41) is 26.8. The van der Waals surface area contributed by atoms with Crippen molar-refractivity contribution < 1.29 is 5.11 Å². The van der Waals surface area contributed by atoms with Crippen LogP contribution in [0, 0.1) is 5.41 Å². The van der Waals surface area contributed by atoms with Gasteiger partial charge >= 0.3 is 0 Å². The molecule has 1 rings (SSSR count). The van der Waals surface area contributed by atoms with Gasteiger partial charge in [-0.15, -0.1) is 0 Å². The van der Waals surface area contributed by atoms with Crippen LogP contribution in [0.15, 0.2) is 22.3 Å². The van der Waals surface area contributed by atoms with Crippen LogP contribution in [0.3, 0.4) is 0 Å². The number of phenols is 1. The first-order valence-corrected chi connectivity index (χ1v) is 7.31. The lowest BCUT2D eigenvalue weighted by atomic mass is 9.85. The lowest BCUT2D eigenvalue weighted by Gasteiger charge is -2.21. The maximum absolute atomic E-state index is 10.4. The third-order valence-electron chi connectivity index (χ3n) is 3.23. The van der Waals surface area contributed by atoms with E-state index in [1.165, 1.54) is 17.4 Å². The monoisotopic (exact) mass is 334 g/mol. The fourth-order valence-electron chi connectivity index (χ4n) is 1.71. The molecule has 0 fully saturated rings. The van der Waals surface area contributed by atoms with Crippen molar-refractivity contribution in [1.29, 1.82) is 5.41 Å². The van der Waals surface area contributed by atoms with Gasteiger partial charge in [0.15, 0.2) is 0 Å². The second kappa shape index (κ2) is 7.75. The SMILES string of the molecule is CN(/N=C\c1cc(C(C)(C)C)cc(/C=N\NC(=N)N)c1O)C(N)N. The summed E-state index contributed by atoms with van der Waals surface area (Å²) >= 11 is 0. The number of benzene rings is 1. The lowest BCUT2D eigenvalue weighted by Crippen LogP contribution is -2.43. The summed E-state index contributed by atoms with van der Waals surface area (Å²) in [6.07, 6.45) is 2.13. The van der Waals surface area contributed by atoms with Crippen LogP contribution in [0.2, 0.25) is 0 Å². The van der Waals surface area contributed by atoms with Gasteiger partial charge in [0, 0.05) is 18.2 Å². The fraction of sp³-hybridized carbons (Fsp3) is 0.400. The topological polar surface area (TPSA) is 162 Å². The Kier molecular flexibility index (Phi) is 6.27. The average Bonchev–Trinajstić information content (AvgIpc) is 2.45. The number of hydrazone groups is 2. The summed E-state index contributed by atoms with van der Waals surface area (Å²) in [4.78, 5) is 0. The quantitative estimate of drug-likeness (QED) is 0.192. The van der Waals surface area contributed by atoms with Crippen LogP contribution >= 0.6 is 0 Å². The number of nitrogens with two attached hydrogens (primary N) is 3. The molecule has 0 spiro atoms. The van der Waals surface area contributed by atoms with Crippen LogP contribution in [-0.2, 0) is 5.41 Å². The molecular weight excluding hydrogens is 308 g/mol. The molecule has 9 N–H and O–H groups in total. The molecule has 0 radical (unpaired) electrons. The smallest absolute Gasteiger partial charge is 0.206 e. The average molecular weight is 334 g/mol. The van der Waals surface area contributed by atoms with E-state index in [9.17, 15) is 5.11 Å². The van der Waals surface area contributed by atoms with Crippen LogP contribution in [0.5, 0.6) is 5.75 Å². The van der Waals surface area contributed by atoms with Crippen molar-refractivity contribution in [3.8, 4) is 5.75 Å². The van der Waals surface area contributed by atoms with Gasteiger partial charge in [0.1, 0.15) is 12.0 Å². The normalized spacial score (nSPS) is 12.3. The van der Waals surface area contributed by atoms with Crippen molar-refractivity contribution in [2.45, 2.75) is 32.5 Å². The van der Waals surface area contributed by atoms with E-state index in [0.717, 1.165) is 5.56 Å². The van der Waals surface area contributed by atoms with Crippen molar-refractivity contribution in [3.63, 3.8) is 0 Å². The summed E-state index contributed by atoms with van der Waals surface area (Å²) in [7, 11) is 1.63. The number of nitrogens with one attached hydrogen (secondary N) is 2. The summed E-state index contributed by atoms with van der Waals surface area (Å²) < 4.78 is 0. The Morgan fingerprint density at radius 1 is 1.29 bits per heavy atom. The van der Waals surface area contributed by atoms with Gasteiger partial charge in [0.2, 0.25) is 5.96 Å². The van der Waals surface area contributed by atoms with Crippen molar-refractivity contribution >= 4 is 18.4 Å². The van der Waals surface area contributed by atoms with Gasteiger partial charge in [-0.2, -0.15) is 10.2 Å². The van der Waals surface area contributed by atoms with E-state index in [1.54, 1.807) is 7.05 Å². The molecule has 0 heterocycles. The molecule has 1 aromatic rings. The Morgan fingerprint density at radius 2 is 1.83 bits per heavy atom. The number of aromatic hydroxyl groups is 1. The maximum Gasteiger partial charge on any atom is 0.206 e. The van der Waals surface area contributed by atoms with Gasteiger partial charge in [0.25, 0.3) is 0 Å². The molecule has 0 unspecified atom stereocenters. The molecule has 0 aliphatic carbocycles. The number of nitrogens with zero attached hydrogens (tertiary/aromatic N) is 3. The van der Waals surface area contributed by atoms with Crippen LogP contribution < -0.4 is 22.6 Å². The van der Waals surface area contributed by atoms with Crippen molar-refractivity contribution in [3.05, 3.63) is 28.8 Å². The van der Waals surface area contributed by atoms with Crippen LogP contribution in [0.4, 0.5) is 0 Å². The molecule has 9 heteroatoms. The fourth-order valence-corrected chi connectivity index (χ4v) is 1.71. The molecule has 132 valence electrons. The second-order valence-corrected chi connectivity index (χ2v) is 6.35. The Bertz CT molecular complexity index is 646. The van der Waals surface area contributed by atoms with Crippen LogP contribution in [-0.4, -0.2) is 41.8 Å². The first-order chi connectivity index (χ1) is 11.0. The van der Waals surface area contributed by atoms with E-state index in [0.29, 0.717) is 11.1 Å². The summed E-state index contributed by atoms with van der Waals surface area (Å²) in [5.41, 5.74) is 20.3. The van der Waals surface area contributed by atoms with E-state index < -0.39 is 6.29 Å². The summed E-state index contributed by atoms with van der Waals surface area (Å²) in [5.74, 6) is -0.294. The molecule has 0 amide bonds. The highest BCUT2D eigenvalue weighted by molar-refractivity contribution is 5.92. The first-order valence-electron chi connectivity index (χ1n) is 7.31. The minimum Gasteiger partial charge on any atom is -0.507 e. The van der Waals surface area contributed by atoms with Gasteiger partial charge in [-0.05, 0) is 23.1 Å². The molecule has 24 heavy (non-hydrogen) atoms. The highest BCUT2D eigenvalue weighted by atomic mass is 16.3. The van der Waals surface area contributed by atoms with Crippen LogP contribution in [0.25, 0.3) is 0 Å². The van der Waals surface area contributed by atoms with Gasteiger partial charge in [-0.25, -0.2) is 5.43 Å². The van der Waals surface area contributed by atoms with Gasteiger partial charge in [-0.3, -0.25) is 21.9 Å². The van der Waals surface area contributed by atoms with E-state index in [-0.39, 0.29) is 17.1 Å². The largest absolute Gasteiger partial charge is 0.507 e. The predicted octanol–water partition coefficient (Wildman–Crippen LogP) is -0.0266. The third kappa shape index (κ3) is 5.52. The molecule has 0 saturated heterocycles. The lowest BCUT2D eigenvalue weighted by molar-refractivity contribution is 0.266.